The summed E-state index contributed by atoms with van der Waals surface area (Å²) < 4.78 is 17.5. The molecule has 0 aromatic carbocycles. The molecule has 0 radical (unpaired) electrons. The smallest absolute Gasteiger partial charge is 0.389 e. The molecule has 0 saturated carbocycles. The van der Waals surface area contributed by atoms with E-state index in [4.69, 9.17) is 13.3 Å². The van der Waals surface area contributed by atoms with E-state index in [1.807, 2.05) is 20.8 Å². The van der Waals surface area contributed by atoms with E-state index in [-0.39, 0.29) is 0 Å². The molecule has 5 heteroatoms. The van der Waals surface area contributed by atoms with Gasteiger partial charge in [-0.15, -0.1) is 0 Å². The maximum absolute atomic E-state index is 5.83. The normalized spacial score (nSPS) is 13.1. The lowest BCUT2D eigenvalue weighted by atomic mass is 10.2. The zero-order valence-electron chi connectivity index (χ0n) is 14.1. The molecule has 0 saturated heterocycles. The first-order valence-corrected chi connectivity index (χ1v) is 9.77. The highest BCUT2D eigenvalue weighted by Crippen LogP contribution is 2.17. The fourth-order valence-corrected chi connectivity index (χ4v) is 4.76. The van der Waals surface area contributed by atoms with Gasteiger partial charge in [0.1, 0.15) is 0 Å². The molecule has 0 bridgehead atoms. The minimum absolute atomic E-state index is 0.575. The Morgan fingerprint density at radius 1 is 1.05 bits per heavy atom. The second kappa shape index (κ2) is 11.3. The number of rotatable bonds is 12. The van der Waals surface area contributed by atoms with Crippen LogP contribution in [0.3, 0.4) is 0 Å². The van der Waals surface area contributed by atoms with Crippen LogP contribution in [-0.2, 0) is 13.3 Å². The third-order valence-electron chi connectivity index (χ3n) is 2.74. The molecular weight excluding hydrogens is 270 g/mol. The molecule has 0 unspecified atom stereocenters. The van der Waals surface area contributed by atoms with Crippen molar-refractivity contribution < 1.29 is 13.3 Å². The first-order valence-electron chi connectivity index (χ1n) is 7.83. The van der Waals surface area contributed by atoms with Crippen molar-refractivity contribution in [3.8, 4) is 0 Å². The highest BCUT2D eigenvalue weighted by atomic mass is 28.4. The summed E-state index contributed by atoms with van der Waals surface area (Å²) in [7, 11) is -2.46. The molecule has 0 spiro atoms. The van der Waals surface area contributed by atoms with Crippen molar-refractivity contribution in [2.75, 3.05) is 26.4 Å². The summed E-state index contributed by atoms with van der Waals surface area (Å²) in [5.41, 5.74) is 1.23. The topological polar surface area (TPSA) is 39.7 Å². The first-order chi connectivity index (χ1) is 9.49. The monoisotopic (exact) mass is 303 g/mol. The van der Waals surface area contributed by atoms with Gasteiger partial charge in [0.05, 0.1) is 0 Å². The molecule has 0 aliphatic carbocycles. The maximum Gasteiger partial charge on any atom is 0.500 e. The number of hydrogen-bond acceptors (Lipinski definition) is 4. The van der Waals surface area contributed by atoms with Crippen molar-refractivity contribution in [1.29, 1.82) is 0 Å². The summed E-state index contributed by atoms with van der Waals surface area (Å²) in [4.78, 5) is 0. The minimum atomic E-state index is -2.46. The van der Waals surface area contributed by atoms with Gasteiger partial charge in [0.2, 0.25) is 0 Å². The third kappa shape index (κ3) is 8.74. The first kappa shape index (κ1) is 19.6. The maximum atomic E-state index is 5.83. The summed E-state index contributed by atoms with van der Waals surface area (Å²) in [6.45, 7) is 15.3. The molecule has 4 nitrogen and oxygen atoms in total. The van der Waals surface area contributed by atoms with Crippen LogP contribution in [-0.4, -0.2) is 35.2 Å². The van der Waals surface area contributed by atoms with E-state index in [1.165, 1.54) is 5.70 Å². The molecule has 0 aromatic rings. The van der Waals surface area contributed by atoms with Crippen LogP contribution in [0.25, 0.3) is 0 Å². The molecule has 0 fully saturated rings. The van der Waals surface area contributed by atoms with Gasteiger partial charge in [0.15, 0.2) is 0 Å². The molecule has 0 heterocycles. The standard InChI is InChI=1S/C15H33NO3Si/c1-7-17-20(18-8-2,19-9-3)12-10-11-16-15(6)13-14(4)5/h13-14,16H,7-12H2,1-6H3. The third-order valence-corrected chi connectivity index (χ3v) is 5.89. The number of nitrogens with one attached hydrogen (secondary N) is 1. The molecule has 120 valence electrons. The molecule has 0 aliphatic heterocycles. The minimum Gasteiger partial charge on any atom is -0.389 e. The second-order valence-electron chi connectivity index (χ2n) is 5.11. The van der Waals surface area contributed by atoms with E-state index in [9.17, 15) is 0 Å². The van der Waals surface area contributed by atoms with Crippen LogP contribution in [0.5, 0.6) is 0 Å². The van der Waals surface area contributed by atoms with Gasteiger partial charge in [0.25, 0.3) is 0 Å². The molecule has 20 heavy (non-hydrogen) atoms. The van der Waals surface area contributed by atoms with Crippen LogP contribution in [0.1, 0.15) is 48.0 Å². The molecule has 0 atom stereocenters. The van der Waals surface area contributed by atoms with E-state index >= 15 is 0 Å². The number of hydrogen-bond donors (Lipinski definition) is 1. The van der Waals surface area contributed by atoms with Crippen LogP contribution >= 0.6 is 0 Å². The fraction of sp³-hybridized carbons (Fsp3) is 0.867. The lowest BCUT2D eigenvalue weighted by molar-refractivity contribution is 0.0708. The Labute approximate surface area is 126 Å². The van der Waals surface area contributed by atoms with Crippen LogP contribution in [0, 0.1) is 5.92 Å². The lowest BCUT2D eigenvalue weighted by Gasteiger charge is -2.28. The van der Waals surface area contributed by atoms with Gasteiger partial charge in [0, 0.05) is 38.1 Å². The lowest BCUT2D eigenvalue weighted by Crippen LogP contribution is -2.46. The molecule has 0 amide bonds. The van der Waals surface area contributed by atoms with Crippen molar-refractivity contribution >= 4 is 8.80 Å². The predicted molar refractivity (Wildman–Crippen MR) is 86.7 cm³/mol. The second-order valence-corrected chi connectivity index (χ2v) is 7.84. The largest absolute Gasteiger partial charge is 0.500 e. The zero-order chi connectivity index (χ0) is 15.4. The van der Waals surface area contributed by atoms with E-state index in [2.05, 4.69) is 32.2 Å². The van der Waals surface area contributed by atoms with Crippen molar-refractivity contribution in [3.63, 3.8) is 0 Å². The zero-order valence-corrected chi connectivity index (χ0v) is 15.1. The molecule has 1 N–H and O–H groups in total. The molecule has 0 aromatic heterocycles. The summed E-state index contributed by atoms with van der Waals surface area (Å²) in [5.74, 6) is 0.575. The van der Waals surface area contributed by atoms with Gasteiger partial charge >= 0.3 is 8.80 Å². The van der Waals surface area contributed by atoms with E-state index in [0.717, 1.165) is 19.0 Å². The summed E-state index contributed by atoms with van der Waals surface area (Å²) in [5, 5.41) is 3.43. The summed E-state index contributed by atoms with van der Waals surface area (Å²) in [6.07, 6.45) is 3.23. The average Bonchev–Trinajstić information content (AvgIpc) is 2.35. The van der Waals surface area contributed by atoms with Gasteiger partial charge in [-0.05, 0) is 40.0 Å². The average molecular weight is 304 g/mol. The summed E-state index contributed by atoms with van der Waals surface area (Å²) >= 11 is 0. The number of allylic oxidation sites excluding steroid dienone is 2. The van der Waals surface area contributed by atoms with Crippen molar-refractivity contribution in [2.45, 2.75) is 54.0 Å². The Bertz CT molecular complexity index is 253. The van der Waals surface area contributed by atoms with Gasteiger partial charge in [-0.25, -0.2) is 0 Å². The van der Waals surface area contributed by atoms with Crippen LogP contribution in [0.15, 0.2) is 11.8 Å². The van der Waals surface area contributed by atoms with Crippen molar-refractivity contribution in [2.24, 2.45) is 5.92 Å². The van der Waals surface area contributed by atoms with Gasteiger partial charge in [-0.3, -0.25) is 0 Å². The Morgan fingerprint density at radius 3 is 1.95 bits per heavy atom. The van der Waals surface area contributed by atoms with Gasteiger partial charge in [-0.2, -0.15) is 0 Å². The quantitative estimate of drug-likeness (QED) is 0.442. The van der Waals surface area contributed by atoms with Crippen LogP contribution in [0.4, 0.5) is 0 Å². The molecule has 0 aliphatic rings. The van der Waals surface area contributed by atoms with Crippen molar-refractivity contribution in [1.82, 2.24) is 5.32 Å². The molecular formula is C15H33NO3Si. The van der Waals surface area contributed by atoms with Crippen LogP contribution < -0.4 is 5.32 Å². The fourth-order valence-electron chi connectivity index (χ4n) is 2.15. The Kier molecular flexibility index (Phi) is 11.1. The van der Waals surface area contributed by atoms with E-state index in [0.29, 0.717) is 25.7 Å². The van der Waals surface area contributed by atoms with Crippen molar-refractivity contribution in [3.05, 3.63) is 11.8 Å². The van der Waals surface area contributed by atoms with Gasteiger partial charge < -0.3 is 18.6 Å². The summed E-state index contributed by atoms with van der Waals surface area (Å²) in [6, 6.07) is 0.866. The Balaban J connectivity index is 4.25. The molecule has 0 rings (SSSR count). The SMILES string of the molecule is CCO[Si](CCCNC(C)=CC(C)C)(OCC)OCC. The highest BCUT2D eigenvalue weighted by Gasteiger charge is 2.39. The van der Waals surface area contributed by atoms with Crippen LogP contribution in [0.2, 0.25) is 6.04 Å². The van der Waals surface area contributed by atoms with E-state index in [1.54, 1.807) is 0 Å². The Morgan fingerprint density at radius 2 is 1.55 bits per heavy atom. The highest BCUT2D eigenvalue weighted by molar-refractivity contribution is 6.60. The predicted octanol–water partition coefficient (Wildman–Crippen LogP) is 3.57. The Hall–Kier alpha value is -0.363. The van der Waals surface area contributed by atoms with Gasteiger partial charge in [-0.1, -0.05) is 19.9 Å². The van der Waals surface area contributed by atoms with E-state index < -0.39 is 8.80 Å².